The van der Waals surface area contributed by atoms with Gasteiger partial charge < -0.3 is 19.9 Å². The van der Waals surface area contributed by atoms with Gasteiger partial charge in [-0.3, -0.25) is 0 Å². The fourth-order valence-electron chi connectivity index (χ4n) is 3.16. The van der Waals surface area contributed by atoms with Crippen molar-refractivity contribution in [3.63, 3.8) is 0 Å². The van der Waals surface area contributed by atoms with Gasteiger partial charge in [-0.15, -0.1) is 0 Å². The summed E-state index contributed by atoms with van der Waals surface area (Å²) in [6.45, 7) is 3.84. The molecule has 1 saturated heterocycles. The summed E-state index contributed by atoms with van der Waals surface area (Å²) in [4.78, 5) is 16.3. The van der Waals surface area contributed by atoms with Crippen molar-refractivity contribution in [3.05, 3.63) is 60.2 Å². The number of urea groups is 1. The van der Waals surface area contributed by atoms with Crippen molar-refractivity contribution < 1.29 is 9.53 Å². The quantitative estimate of drug-likeness (QED) is 0.899. The molecule has 5 nitrogen and oxygen atoms in total. The van der Waals surface area contributed by atoms with Crippen LogP contribution >= 0.6 is 0 Å². The maximum atomic E-state index is 12.1. The van der Waals surface area contributed by atoms with Crippen molar-refractivity contribution in [2.24, 2.45) is 0 Å². The number of nitrogens with zero attached hydrogens (tertiary/aromatic N) is 2. The fourth-order valence-corrected chi connectivity index (χ4v) is 3.16. The van der Waals surface area contributed by atoms with Crippen LogP contribution < -0.4 is 15.0 Å². The normalized spacial score (nSPS) is 17.1. The van der Waals surface area contributed by atoms with Crippen LogP contribution in [-0.2, 0) is 6.61 Å². The molecule has 0 unspecified atom stereocenters. The number of piperazine rings is 1. The zero-order valence-corrected chi connectivity index (χ0v) is 14.9. The van der Waals surface area contributed by atoms with Crippen LogP contribution in [0.15, 0.2) is 54.6 Å². The summed E-state index contributed by atoms with van der Waals surface area (Å²) in [6, 6.07) is 18.9. The Kier molecular flexibility index (Phi) is 4.95. The van der Waals surface area contributed by atoms with Crippen LogP contribution in [0.2, 0.25) is 0 Å². The Balaban J connectivity index is 1.26. The van der Waals surface area contributed by atoms with E-state index in [0.29, 0.717) is 12.6 Å². The summed E-state index contributed by atoms with van der Waals surface area (Å²) in [5.74, 6) is 0.875. The van der Waals surface area contributed by atoms with E-state index >= 15 is 0 Å². The summed E-state index contributed by atoms with van der Waals surface area (Å²) in [7, 11) is 0. The molecule has 2 fully saturated rings. The minimum atomic E-state index is 0.0943. The number of amides is 2. The number of anilines is 1. The molecule has 0 atom stereocenters. The summed E-state index contributed by atoms with van der Waals surface area (Å²) in [5.41, 5.74) is 2.34. The lowest BCUT2D eigenvalue weighted by Gasteiger charge is -2.36. The molecule has 1 aliphatic heterocycles. The zero-order chi connectivity index (χ0) is 17.8. The third-order valence-corrected chi connectivity index (χ3v) is 4.92. The predicted octanol–water partition coefficient (Wildman–Crippen LogP) is 3.26. The lowest BCUT2D eigenvalue weighted by Crippen LogP contribution is -2.52. The van der Waals surface area contributed by atoms with Gasteiger partial charge in [0.25, 0.3) is 0 Å². The van der Waals surface area contributed by atoms with E-state index < -0.39 is 0 Å². The minimum absolute atomic E-state index is 0.0943. The Labute approximate surface area is 154 Å². The van der Waals surface area contributed by atoms with Crippen LogP contribution in [0, 0.1) is 0 Å². The van der Waals surface area contributed by atoms with Crippen molar-refractivity contribution in [2.75, 3.05) is 31.1 Å². The molecule has 2 aromatic carbocycles. The summed E-state index contributed by atoms with van der Waals surface area (Å²) in [6.07, 6.45) is 2.26. The van der Waals surface area contributed by atoms with Crippen LogP contribution in [0.4, 0.5) is 10.5 Å². The Hall–Kier alpha value is -2.69. The Morgan fingerprint density at radius 2 is 1.65 bits per heavy atom. The fraction of sp³-hybridized carbons (Fsp3) is 0.381. The van der Waals surface area contributed by atoms with Crippen molar-refractivity contribution in [2.45, 2.75) is 25.5 Å². The van der Waals surface area contributed by atoms with E-state index in [1.807, 2.05) is 35.2 Å². The highest BCUT2D eigenvalue weighted by molar-refractivity contribution is 5.75. The van der Waals surface area contributed by atoms with Crippen LogP contribution in [-0.4, -0.2) is 43.2 Å². The number of nitrogens with one attached hydrogen (secondary N) is 1. The average Bonchev–Trinajstić information content (AvgIpc) is 3.52. The largest absolute Gasteiger partial charge is 0.489 e. The second-order valence-electron chi connectivity index (χ2n) is 6.97. The monoisotopic (exact) mass is 351 g/mol. The smallest absolute Gasteiger partial charge is 0.317 e. The van der Waals surface area contributed by atoms with Crippen molar-refractivity contribution in [3.8, 4) is 5.75 Å². The van der Waals surface area contributed by atoms with Crippen LogP contribution in [0.25, 0.3) is 0 Å². The minimum Gasteiger partial charge on any atom is -0.489 e. The lowest BCUT2D eigenvalue weighted by molar-refractivity contribution is 0.194. The van der Waals surface area contributed by atoms with Crippen LogP contribution in [0.1, 0.15) is 18.4 Å². The van der Waals surface area contributed by atoms with Gasteiger partial charge in [0, 0.05) is 37.9 Å². The van der Waals surface area contributed by atoms with E-state index in [1.54, 1.807) is 0 Å². The highest BCUT2D eigenvalue weighted by Gasteiger charge is 2.27. The summed E-state index contributed by atoms with van der Waals surface area (Å²) < 4.78 is 5.85. The molecule has 2 amide bonds. The molecule has 0 radical (unpaired) electrons. The Morgan fingerprint density at radius 1 is 0.962 bits per heavy atom. The Morgan fingerprint density at radius 3 is 2.31 bits per heavy atom. The van der Waals surface area contributed by atoms with Gasteiger partial charge >= 0.3 is 6.03 Å². The maximum Gasteiger partial charge on any atom is 0.317 e. The first-order valence-electron chi connectivity index (χ1n) is 9.35. The molecule has 2 aromatic rings. The van der Waals surface area contributed by atoms with Gasteiger partial charge in [0.05, 0.1) is 0 Å². The van der Waals surface area contributed by atoms with Crippen molar-refractivity contribution in [1.29, 1.82) is 0 Å². The van der Waals surface area contributed by atoms with E-state index in [9.17, 15) is 4.79 Å². The van der Waals surface area contributed by atoms with Crippen molar-refractivity contribution >= 4 is 11.7 Å². The van der Waals surface area contributed by atoms with Crippen molar-refractivity contribution in [1.82, 2.24) is 10.2 Å². The molecule has 2 aliphatic rings. The molecule has 1 saturated carbocycles. The number of rotatable bonds is 5. The molecule has 5 heteroatoms. The van der Waals surface area contributed by atoms with Gasteiger partial charge in [0.15, 0.2) is 0 Å². The van der Waals surface area contributed by atoms with Gasteiger partial charge in [-0.2, -0.15) is 0 Å². The highest BCUT2D eigenvalue weighted by atomic mass is 16.5. The number of hydrogen-bond acceptors (Lipinski definition) is 3. The molecule has 26 heavy (non-hydrogen) atoms. The topological polar surface area (TPSA) is 44.8 Å². The summed E-state index contributed by atoms with van der Waals surface area (Å²) >= 11 is 0. The third-order valence-electron chi connectivity index (χ3n) is 4.92. The molecule has 0 bridgehead atoms. The third kappa shape index (κ3) is 4.28. The molecule has 0 spiro atoms. The molecule has 1 heterocycles. The van der Waals surface area contributed by atoms with E-state index in [-0.39, 0.29) is 6.03 Å². The van der Waals surface area contributed by atoms with Gasteiger partial charge in [-0.05, 0) is 42.7 Å². The highest BCUT2D eigenvalue weighted by Crippen LogP contribution is 2.22. The Bertz CT molecular complexity index is 721. The first-order chi connectivity index (χ1) is 12.8. The number of hydrogen-bond donors (Lipinski definition) is 1. The molecule has 0 aromatic heterocycles. The number of carbonyl (C=O) groups is 1. The average molecular weight is 351 g/mol. The first-order valence-corrected chi connectivity index (χ1v) is 9.35. The van der Waals surface area contributed by atoms with Gasteiger partial charge in [-0.25, -0.2) is 4.79 Å². The molecule has 4 rings (SSSR count). The SMILES string of the molecule is O=C(NC1CC1)N1CCN(c2ccc(OCc3ccccc3)cc2)CC1. The standard InChI is InChI=1S/C21H25N3O2/c25-21(22-18-6-7-18)24-14-12-23(13-15-24)19-8-10-20(11-9-19)26-16-17-4-2-1-3-5-17/h1-5,8-11,18H,6-7,12-16H2,(H,22,25). The molecular weight excluding hydrogens is 326 g/mol. The van der Waals surface area contributed by atoms with E-state index in [0.717, 1.165) is 50.3 Å². The summed E-state index contributed by atoms with van der Waals surface area (Å²) in [5, 5.41) is 3.07. The van der Waals surface area contributed by atoms with E-state index in [4.69, 9.17) is 4.74 Å². The molecule has 1 aliphatic carbocycles. The van der Waals surface area contributed by atoms with Crippen LogP contribution in [0.5, 0.6) is 5.75 Å². The first kappa shape index (κ1) is 16.8. The number of carbonyl (C=O) groups excluding carboxylic acids is 1. The lowest BCUT2D eigenvalue weighted by atomic mass is 10.2. The predicted molar refractivity (Wildman–Crippen MR) is 103 cm³/mol. The second-order valence-corrected chi connectivity index (χ2v) is 6.97. The van der Waals surface area contributed by atoms with E-state index in [1.165, 1.54) is 5.69 Å². The number of ether oxygens (including phenoxy) is 1. The molecule has 136 valence electrons. The number of benzene rings is 2. The zero-order valence-electron chi connectivity index (χ0n) is 14.9. The van der Waals surface area contributed by atoms with Crippen LogP contribution in [0.3, 0.4) is 0 Å². The van der Waals surface area contributed by atoms with Gasteiger partial charge in [-0.1, -0.05) is 30.3 Å². The van der Waals surface area contributed by atoms with E-state index in [2.05, 4.69) is 34.5 Å². The molecular formula is C21H25N3O2. The second kappa shape index (κ2) is 7.68. The maximum absolute atomic E-state index is 12.1. The van der Waals surface area contributed by atoms with Gasteiger partial charge in [0.2, 0.25) is 0 Å². The van der Waals surface area contributed by atoms with Gasteiger partial charge in [0.1, 0.15) is 12.4 Å². The molecule has 1 N–H and O–H groups in total.